The van der Waals surface area contributed by atoms with Gasteiger partial charge in [0.25, 0.3) is 5.91 Å². The predicted octanol–water partition coefficient (Wildman–Crippen LogP) is 2.26. The normalized spacial score (nSPS) is 21.7. The van der Waals surface area contributed by atoms with Crippen molar-refractivity contribution in [2.24, 2.45) is 0 Å². The summed E-state index contributed by atoms with van der Waals surface area (Å²) in [5, 5.41) is 18.9. The Bertz CT molecular complexity index is 1140. The Hall–Kier alpha value is -2.76. The number of likely N-dealkylation sites (tertiary alicyclic amines) is 1. The minimum atomic E-state index is -0.301. The van der Waals surface area contributed by atoms with Crippen LogP contribution in [-0.2, 0) is 12.1 Å². The van der Waals surface area contributed by atoms with Gasteiger partial charge in [0.2, 0.25) is 0 Å². The summed E-state index contributed by atoms with van der Waals surface area (Å²) in [5.74, 6) is 0.888. The molecule has 0 bridgehead atoms. The number of carbonyl (C=O) groups excluding carboxylic acids is 1. The van der Waals surface area contributed by atoms with Crippen molar-refractivity contribution < 1.29 is 4.79 Å². The smallest absolute Gasteiger partial charge is 0.275 e. The number of aromatic nitrogens is 6. The van der Waals surface area contributed by atoms with Crippen LogP contribution in [-0.4, -0.2) is 95.7 Å². The Morgan fingerprint density at radius 2 is 1.81 bits per heavy atom. The highest BCUT2D eigenvalue weighted by atomic mass is 32.1. The third kappa shape index (κ3) is 4.55. The van der Waals surface area contributed by atoms with E-state index in [1.165, 1.54) is 36.4 Å². The number of hydrogen-bond acceptors (Lipinski definition) is 9. The van der Waals surface area contributed by atoms with Gasteiger partial charge in [0.1, 0.15) is 0 Å². The number of nitrogens with zero attached hydrogens (tertiary/aromatic N) is 9. The van der Waals surface area contributed by atoms with Crippen LogP contribution in [0.4, 0.5) is 0 Å². The van der Waals surface area contributed by atoms with E-state index in [1.54, 1.807) is 5.38 Å². The fourth-order valence-electron chi connectivity index (χ4n) is 6.06. The number of carbonyl (C=O) groups is 1. The van der Waals surface area contributed by atoms with Crippen LogP contribution in [0.1, 0.15) is 60.4 Å². The van der Waals surface area contributed by atoms with Gasteiger partial charge in [-0.1, -0.05) is 41.2 Å². The zero-order valence-electron chi connectivity index (χ0n) is 20.6. The van der Waals surface area contributed by atoms with Crippen LogP contribution < -0.4 is 0 Å². The molecular weight excluding hydrogens is 474 g/mol. The molecular formula is C25H33N9OS. The monoisotopic (exact) mass is 507 g/mol. The number of hydrogen-bond donors (Lipinski definition) is 0. The molecule has 11 heteroatoms. The zero-order chi connectivity index (χ0) is 24.4. The largest absolute Gasteiger partial charge is 0.337 e. The second-order valence-corrected chi connectivity index (χ2v) is 10.8. The molecule has 190 valence electrons. The van der Waals surface area contributed by atoms with Gasteiger partial charge in [0.15, 0.2) is 11.5 Å². The Morgan fingerprint density at radius 3 is 2.53 bits per heavy atom. The molecule has 1 amide bonds. The molecule has 6 rings (SSSR count). The lowest BCUT2D eigenvalue weighted by Crippen LogP contribution is -2.56. The standard InChI is InChI=1S/C25H33N9OS/c35-23(22-19-36-30-26-22)32-14-10-25(11-15-32,33-13-5-12-31(16-17-33)21-8-4-9-21)24-27-28-29-34(24)18-20-6-2-1-3-7-20/h1-3,6-7,19,21H,4-5,8-18H2. The summed E-state index contributed by atoms with van der Waals surface area (Å²) in [6.45, 7) is 6.20. The van der Waals surface area contributed by atoms with Crippen LogP contribution in [0.3, 0.4) is 0 Å². The average Bonchev–Trinajstić information content (AvgIpc) is 3.53. The van der Waals surface area contributed by atoms with Crippen molar-refractivity contribution in [3.8, 4) is 0 Å². The molecule has 3 fully saturated rings. The molecule has 0 atom stereocenters. The summed E-state index contributed by atoms with van der Waals surface area (Å²) < 4.78 is 5.86. The molecule has 1 saturated carbocycles. The minimum absolute atomic E-state index is 0.0340. The van der Waals surface area contributed by atoms with Crippen molar-refractivity contribution in [1.29, 1.82) is 0 Å². The first-order valence-corrected chi connectivity index (χ1v) is 13.9. The van der Waals surface area contributed by atoms with Gasteiger partial charge in [0.05, 0.1) is 12.1 Å². The van der Waals surface area contributed by atoms with Crippen molar-refractivity contribution in [2.75, 3.05) is 39.3 Å². The molecule has 0 N–H and O–H groups in total. The summed E-state index contributed by atoms with van der Waals surface area (Å²) >= 11 is 1.22. The first-order chi connectivity index (χ1) is 17.7. The van der Waals surface area contributed by atoms with E-state index in [1.807, 2.05) is 15.6 Å². The van der Waals surface area contributed by atoms with Crippen LogP contribution in [0, 0.1) is 0 Å². The molecule has 3 aromatic rings. The Morgan fingerprint density at radius 1 is 0.972 bits per heavy atom. The van der Waals surface area contributed by atoms with E-state index in [0.29, 0.717) is 25.3 Å². The third-order valence-corrected chi connectivity index (χ3v) is 8.81. The maximum Gasteiger partial charge on any atom is 0.275 e. The summed E-state index contributed by atoms with van der Waals surface area (Å²) in [6.07, 6.45) is 6.78. The maximum atomic E-state index is 13.0. The van der Waals surface area contributed by atoms with E-state index in [-0.39, 0.29) is 11.4 Å². The SMILES string of the molecule is O=C(c1csnn1)N1CCC(c2nnnn2Cc2ccccc2)(N2CCCN(C3CCC3)CC2)CC1. The zero-order valence-corrected chi connectivity index (χ0v) is 21.4. The topological polar surface area (TPSA) is 96.2 Å². The molecule has 36 heavy (non-hydrogen) atoms. The summed E-state index contributed by atoms with van der Waals surface area (Å²) in [7, 11) is 0. The summed E-state index contributed by atoms with van der Waals surface area (Å²) in [5.41, 5.74) is 1.31. The molecule has 2 saturated heterocycles. The van der Waals surface area contributed by atoms with Gasteiger partial charge in [-0.3, -0.25) is 14.6 Å². The highest BCUT2D eigenvalue weighted by Crippen LogP contribution is 2.39. The van der Waals surface area contributed by atoms with E-state index >= 15 is 0 Å². The average molecular weight is 508 g/mol. The van der Waals surface area contributed by atoms with Gasteiger partial charge >= 0.3 is 0 Å². The minimum Gasteiger partial charge on any atom is -0.337 e. The van der Waals surface area contributed by atoms with Crippen molar-refractivity contribution in [2.45, 2.75) is 56.7 Å². The molecule has 1 aromatic carbocycles. The summed E-state index contributed by atoms with van der Waals surface area (Å²) in [6, 6.07) is 11.1. The van der Waals surface area contributed by atoms with E-state index in [2.05, 4.69) is 59.2 Å². The molecule has 10 nitrogen and oxygen atoms in total. The fourth-order valence-corrected chi connectivity index (χ4v) is 6.49. The second-order valence-electron chi connectivity index (χ2n) is 10.2. The molecule has 2 aromatic heterocycles. The molecule has 3 aliphatic rings. The molecule has 0 spiro atoms. The van der Waals surface area contributed by atoms with E-state index in [0.717, 1.165) is 57.3 Å². The highest BCUT2D eigenvalue weighted by molar-refractivity contribution is 7.03. The summed E-state index contributed by atoms with van der Waals surface area (Å²) in [4.78, 5) is 20.3. The van der Waals surface area contributed by atoms with Gasteiger partial charge in [-0.15, -0.1) is 10.2 Å². The van der Waals surface area contributed by atoms with Crippen molar-refractivity contribution in [3.63, 3.8) is 0 Å². The van der Waals surface area contributed by atoms with Crippen molar-refractivity contribution in [3.05, 3.63) is 52.8 Å². The first kappa shape index (κ1) is 23.6. The van der Waals surface area contributed by atoms with Crippen molar-refractivity contribution >= 4 is 17.4 Å². The lowest BCUT2D eigenvalue weighted by Gasteiger charge is -2.47. The lowest BCUT2D eigenvalue weighted by molar-refractivity contribution is 0.00895. The van der Waals surface area contributed by atoms with Gasteiger partial charge in [-0.2, -0.15) is 0 Å². The predicted molar refractivity (Wildman–Crippen MR) is 135 cm³/mol. The molecule has 0 unspecified atom stereocenters. The van der Waals surface area contributed by atoms with Crippen LogP contribution in [0.5, 0.6) is 0 Å². The third-order valence-electron chi connectivity index (χ3n) is 8.31. The maximum absolute atomic E-state index is 13.0. The Labute approximate surface area is 215 Å². The van der Waals surface area contributed by atoms with Crippen molar-refractivity contribution in [1.82, 2.24) is 44.5 Å². The molecule has 0 radical (unpaired) electrons. The molecule has 1 aliphatic carbocycles. The van der Waals surface area contributed by atoms with E-state index in [4.69, 9.17) is 0 Å². The van der Waals surface area contributed by atoms with Gasteiger partial charge < -0.3 is 4.90 Å². The lowest BCUT2D eigenvalue weighted by atomic mass is 9.84. The number of piperidine rings is 1. The molecule has 4 heterocycles. The number of amides is 1. The Balaban J connectivity index is 1.27. The van der Waals surface area contributed by atoms with Gasteiger partial charge in [-0.25, -0.2) is 4.68 Å². The Kier molecular flexibility index (Phi) is 6.77. The van der Waals surface area contributed by atoms with Gasteiger partial charge in [-0.05, 0) is 66.2 Å². The fraction of sp³-hybridized carbons (Fsp3) is 0.600. The van der Waals surface area contributed by atoms with Crippen LogP contribution in [0.15, 0.2) is 35.7 Å². The number of benzene rings is 1. The number of tetrazole rings is 1. The van der Waals surface area contributed by atoms with Crippen LogP contribution >= 0.6 is 11.5 Å². The number of rotatable bonds is 6. The quantitative estimate of drug-likeness (QED) is 0.501. The van der Waals surface area contributed by atoms with Gasteiger partial charge in [0, 0.05) is 44.1 Å². The first-order valence-electron chi connectivity index (χ1n) is 13.1. The second kappa shape index (κ2) is 10.3. The van der Waals surface area contributed by atoms with E-state index < -0.39 is 0 Å². The van der Waals surface area contributed by atoms with Crippen LogP contribution in [0.2, 0.25) is 0 Å². The highest BCUT2D eigenvalue weighted by Gasteiger charge is 2.47. The van der Waals surface area contributed by atoms with E-state index in [9.17, 15) is 4.79 Å². The van der Waals surface area contributed by atoms with Crippen LogP contribution in [0.25, 0.3) is 0 Å². The molecule has 2 aliphatic heterocycles.